The quantitative estimate of drug-likeness (QED) is 0.480. The first-order valence-electron chi connectivity index (χ1n) is 13.3. The normalized spacial score (nSPS) is 20.3. The fraction of sp³-hybridized carbons (Fsp3) is 0.429. The Bertz CT molecular complexity index is 1380. The SMILES string of the molecule is CCN1CCN(c2ccc(-c3cnc4ccc(C=C5SC(N6CCCCC6)=NC5=O)nn34)cc2C)CC1. The summed E-state index contributed by atoms with van der Waals surface area (Å²) in [5, 5.41) is 5.66. The highest BCUT2D eigenvalue weighted by molar-refractivity contribution is 8.18. The van der Waals surface area contributed by atoms with Gasteiger partial charge >= 0.3 is 0 Å². The number of carbonyl (C=O) groups is 1. The second-order valence-corrected chi connectivity index (χ2v) is 11.0. The number of likely N-dealkylation sites (tertiary alicyclic amines) is 1. The lowest BCUT2D eigenvalue weighted by molar-refractivity contribution is -0.113. The molecule has 2 aromatic heterocycles. The summed E-state index contributed by atoms with van der Waals surface area (Å²) in [4.78, 5) is 29.3. The molecule has 0 unspecified atom stereocenters. The van der Waals surface area contributed by atoms with Gasteiger partial charge in [-0.15, -0.1) is 0 Å². The molecule has 0 saturated carbocycles. The van der Waals surface area contributed by atoms with Crippen LogP contribution in [0.5, 0.6) is 0 Å². The maximum absolute atomic E-state index is 12.6. The van der Waals surface area contributed by atoms with Gasteiger partial charge in [0.15, 0.2) is 10.8 Å². The topological polar surface area (TPSA) is 69.3 Å². The third-order valence-corrected chi connectivity index (χ3v) is 8.59. The van der Waals surface area contributed by atoms with Gasteiger partial charge in [0.1, 0.15) is 0 Å². The second kappa shape index (κ2) is 10.3. The maximum Gasteiger partial charge on any atom is 0.286 e. The smallest absolute Gasteiger partial charge is 0.286 e. The van der Waals surface area contributed by atoms with E-state index in [1.807, 2.05) is 28.9 Å². The van der Waals surface area contributed by atoms with Crippen molar-refractivity contribution in [1.29, 1.82) is 0 Å². The van der Waals surface area contributed by atoms with Crippen molar-refractivity contribution in [2.45, 2.75) is 33.1 Å². The zero-order valence-corrected chi connectivity index (χ0v) is 22.4. The van der Waals surface area contributed by atoms with Crippen molar-refractivity contribution in [2.75, 3.05) is 50.7 Å². The fourth-order valence-electron chi connectivity index (χ4n) is 5.39. The molecule has 8 nitrogen and oxygen atoms in total. The minimum absolute atomic E-state index is 0.177. The van der Waals surface area contributed by atoms with Gasteiger partial charge in [0.2, 0.25) is 0 Å². The first-order chi connectivity index (χ1) is 18.1. The predicted molar refractivity (Wildman–Crippen MR) is 151 cm³/mol. The molecule has 37 heavy (non-hydrogen) atoms. The maximum atomic E-state index is 12.6. The number of amides is 1. The van der Waals surface area contributed by atoms with Crippen molar-refractivity contribution in [2.24, 2.45) is 4.99 Å². The van der Waals surface area contributed by atoms with Crippen LogP contribution in [0.25, 0.3) is 23.0 Å². The van der Waals surface area contributed by atoms with E-state index in [0.29, 0.717) is 4.91 Å². The van der Waals surface area contributed by atoms with E-state index in [9.17, 15) is 4.79 Å². The van der Waals surface area contributed by atoms with Crippen molar-refractivity contribution >= 4 is 40.2 Å². The molecule has 0 aliphatic carbocycles. The number of aliphatic imine (C=N–C) groups is 1. The van der Waals surface area contributed by atoms with E-state index < -0.39 is 0 Å². The predicted octanol–water partition coefficient (Wildman–Crippen LogP) is 4.30. The number of nitrogens with zero attached hydrogens (tertiary/aromatic N) is 7. The summed E-state index contributed by atoms with van der Waals surface area (Å²) in [6.07, 6.45) is 7.29. The molecule has 0 N–H and O–H groups in total. The summed E-state index contributed by atoms with van der Waals surface area (Å²) in [7, 11) is 0. The lowest BCUT2D eigenvalue weighted by atomic mass is 10.1. The van der Waals surface area contributed by atoms with Gasteiger partial charge in [-0.2, -0.15) is 10.1 Å². The van der Waals surface area contributed by atoms with Crippen molar-refractivity contribution in [3.8, 4) is 11.3 Å². The summed E-state index contributed by atoms with van der Waals surface area (Å²) in [6, 6.07) is 10.5. The average Bonchev–Trinajstić information content (AvgIpc) is 3.52. The summed E-state index contributed by atoms with van der Waals surface area (Å²) in [5.74, 6) is -0.177. The monoisotopic (exact) mass is 515 g/mol. The number of rotatable bonds is 4. The van der Waals surface area contributed by atoms with Crippen molar-refractivity contribution in [3.63, 3.8) is 0 Å². The zero-order valence-electron chi connectivity index (χ0n) is 21.6. The second-order valence-electron chi connectivity index (χ2n) is 9.95. The van der Waals surface area contributed by atoms with Gasteiger partial charge < -0.3 is 14.7 Å². The largest absolute Gasteiger partial charge is 0.369 e. The molecule has 0 spiro atoms. The molecule has 3 aliphatic heterocycles. The Hall–Kier alpha value is -3.17. The van der Waals surface area contributed by atoms with Crippen LogP contribution < -0.4 is 4.90 Å². The zero-order chi connectivity index (χ0) is 25.4. The minimum Gasteiger partial charge on any atom is -0.369 e. The first-order valence-corrected chi connectivity index (χ1v) is 14.1. The number of imidazole rings is 1. The van der Waals surface area contributed by atoms with Gasteiger partial charge in [-0.25, -0.2) is 9.50 Å². The number of piperazine rings is 1. The standard InChI is InChI=1S/C28H33N7OS/c1-3-32-13-15-33(16-14-32)23-9-7-21(17-20(23)2)24-19-29-26-10-8-22(31-35(24)26)18-25-27(36)30-28(37-25)34-11-5-4-6-12-34/h7-10,17-19H,3-6,11-16H2,1-2H3. The summed E-state index contributed by atoms with van der Waals surface area (Å²) >= 11 is 1.46. The average molecular weight is 516 g/mol. The number of hydrogen-bond donors (Lipinski definition) is 0. The Balaban J connectivity index is 1.24. The summed E-state index contributed by atoms with van der Waals surface area (Å²) < 4.78 is 1.87. The molecule has 0 bridgehead atoms. The van der Waals surface area contributed by atoms with Crippen LogP contribution in [-0.4, -0.2) is 81.3 Å². The number of benzene rings is 1. The number of aromatic nitrogens is 3. The lowest BCUT2D eigenvalue weighted by Crippen LogP contribution is -2.46. The van der Waals surface area contributed by atoms with Crippen LogP contribution in [0.4, 0.5) is 5.69 Å². The van der Waals surface area contributed by atoms with E-state index in [1.165, 1.54) is 29.4 Å². The molecule has 1 aromatic carbocycles. The number of anilines is 1. The van der Waals surface area contributed by atoms with E-state index in [1.54, 1.807) is 0 Å². The molecule has 2 fully saturated rings. The van der Waals surface area contributed by atoms with Crippen LogP contribution in [0.3, 0.4) is 0 Å². The molecule has 192 valence electrons. The molecule has 3 aromatic rings. The molecule has 9 heteroatoms. The molecule has 5 heterocycles. The molecule has 0 atom stereocenters. The third kappa shape index (κ3) is 4.90. The van der Waals surface area contributed by atoms with E-state index in [-0.39, 0.29) is 5.91 Å². The van der Waals surface area contributed by atoms with Gasteiger partial charge in [0, 0.05) is 50.5 Å². The van der Waals surface area contributed by atoms with Crippen molar-refractivity contribution in [1.82, 2.24) is 24.4 Å². The Morgan fingerprint density at radius 3 is 2.54 bits per heavy atom. The summed E-state index contributed by atoms with van der Waals surface area (Å²) in [5.41, 5.74) is 6.08. The van der Waals surface area contributed by atoms with E-state index in [2.05, 4.69) is 56.7 Å². The Labute approximate surface area is 222 Å². The fourth-order valence-corrected chi connectivity index (χ4v) is 6.34. The highest BCUT2D eigenvalue weighted by Crippen LogP contribution is 2.32. The highest BCUT2D eigenvalue weighted by atomic mass is 32.2. The summed E-state index contributed by atoms with van der Waals surface area (Å²) in [6.45, 7) is 11.8. The molecule has 1 amide bonds. The minimum atomic E-state index is -0.177. The number of thioether (sulfide) groups is 1. The number of likely N-dealkylation sites (N-methyl/N-ethyl adjacent to an activating group) is 1. The first kappa shape index (κ1) is 24.2. The van der Waals surface area contributed by atoms with Gasteiger partial charge in [-0.3, -0.25) is 4.79 Å². The lowest BCUT2D eigenvalue weighted by Gasteiger charge is -2.36. The number of carbonyl (C=O) groups excluding carboxylic acids is 1. The Kier molecular flexibility index (Phi) is 6.73. The van der Waals surface area contributed by atoms with Gasteiger partial charge in [-0.05, 0) is 80.4 Å². The van der Waals surface area contributed by atoms with Crippen LogP contribution in [0.2, 0.25) is 0 Å². The highest BCUT2D eigenvalue weighted by Gasteiger charge is 2.27. The van der Waals surface area contributed by atoms with E-state index >= 15 is 0 Å². The number of fused-ring (bicyclic) bond motifs is 1. The molecular formula is C28H33N7OS. The number of hydrogen-bond acceptors (Lipinski definition) is 7. The third-order valence-electron chi connectivity index (χ3n) is 7.55. The number of aryl methyl sites for hydroxylation is 1. The molecule has 3 aliphatic rings. The van der Waals surface area contributed by atoms with E-state index in [4.69, 9.17) is 5.10 Å². The van der Waals surface area contributed by atoms with Crippen LogP contribution in [0.15, 0.2) is 46.4 Å². The molecule has 0 radical (unpaired) electrons. The van der Waals surface area contributed by atoms with Crippen LogP contribution in [0, 0.1) is 6.92 Å². The van der Waals surface area contributed by atoms with Gasteiger partial charge in [-0.1, -0.05) is 13.0 Å². The molecular weight excluding hydrogens is 482 g/mol. The van der Waals surface area contributed by atoms with E-state index in [0.717, 1.165) is 86.4 Å². The van der Waals surface area contributed by atoms with Gasteiger partial charge in [0.05, 0.1) is 22.5 Å². The van der Waals surface area contributed by atoms with Crippen LogP contribution in [0.1, 0.15) is 37.4 Å². The van der Waals surface area contributed by atoms with Crippen LogP contribution >= 0.6 is 11.8 Å². The Morgan fingerprint density at radius 2 is 1.78 bits per heavy atom. The van der Waals surface area contributed by atoms with Crippen LogP contribution in [-0.2, 0) is 4.79 Å². The number of piperidine rings is 1. The number of amidine groups is 1. The van der Waals surface area contributed by atoms with Crippen molar-refractivity contribution in [3.05, 3.63) is 52.7 Å². The molecule has 6 rings (SSSR count). The Morgan fingerprint density at radius 1 is 0.973 bits per heavy atom. The van der Waals surface area contributed by atoms with Gasteiger partial charge in [0.25, 0.3) is 5.91 Å². The molecule has 2 saturated heterocycles. The van der Waals surface area contributed by atoms with Crippen molar-refractivity contribution < 1.29 is 4.79 Å².